The largest absolute Gasteiger partial charge is 0.383 e. The molecule has 2 rings (SSSR count). The van der Waals surface area contributed by atoms with E-state index in [9.17, 15) is 0 Å². The smallest absolute Gasteiger partial charge is 0.138 e. The van der Waals surface area contributed by atoms with Crippen LogP contribution in [-0.2, 0) is 18.2 Å². The fraction of sp³-hybridized carbons (Fsp3) is 0.846. The lowest BCUT2D eigenvalue weighted by Gasteiger charge is -2.29. The van der Waals surface area contributed by atoms with Crippen molar-refractivity contribution >= 4 is 0 Å². The molecule has 1 aliphatic carbocycles. The maximum atomic E-state index is 5.07. The fourth-order valence-electron chi connectivity index (χ4n) is 2.52. The van der Waals surface area contributed by atoms with Crippen molar-refractivity contribution in [3.05, 3.63) is 12.2 Å². The first-order valence-electron chi connectivity index (χ1n) is 6.68. The molecule has 1 aromatic rings. The average Bonchev–Trinajstić information content (AvgIpc) is 3.13. The monoisotopic (exact) mass is 252 g/mol. The van der Waals surface area contributed by atoms with Gasteiger partial charge in [0.1, 0.15) is 12.2 Å². The Morgan fingerprint density at radius 1 is 1.56 bits per heavy atom. The van der Waals surface area contributed by atoms with Gasteiger partial charge in [-0.2, -0.15) is 5.10 Å². The minimum atomic E-state index is 0.286. The topological polar surface area (TPSA) is 52.0 Å². The zero-order chi connectivity index (χ0) is 13.0. The van der Waals surface area contributed by atoms with Crippen molar-refractivity contribution in [1.82, 2.24) is 20.1 Å². The Hall–Kier alpha value is -0.940. The number of aromatic nitrogens is 3. The summed E-state index contributed by atoms with van der Waals surface area (Å²) in [5.41, 5.74) is 0.286. The van der Waals surface area contributed by atoms with Crippen molar-refractivity contribution in [3.8, 4) is 0 Å². The highest BCUT2D eigenvalue weighted by Crippen LogP contribution is 2.46. The van der Waals surface area contributed by atoms with Crippen LogP contribution in [0.25, 0.3) is 0 Å². The summed E-state index contributed by atoms with van der Waals surface area (Å²) in [5, 5.41) is 7.65. The van der Waals surface area contributed by atoms with Gasteiger partial charge in [-0.3, -0.25) is 4.68 Å². The zero-order valence-corrected chi connectivity index (χ0v) is 11.6. The van der Waals surface area contributed by atoms with Crippen LogP contribution in [0.3, 0.4) is 0 Å². The molecule has 1 unspecified atom stereocenters. The maximum absolute atomic E-state index is 5.07. The molecule has 5 nitrogen and oxygen atoms in total. The van der Waals surface area contributed by atoms with Gasteiger partial charge >= 0.3 is 0 Å². The van der Waals surface area contributed by atoms with Gasteiger partial charge in [-0.15, -0.1) is 0 Å². The van der Waals surface area contributed by atoms with E-state index in [2.05, 4.69) is 22.3 Å². The molecule has 1 atom stereocenters. The highest BCUT2D eigenvalue weighted by molar-refractivity contribution is 5.00. The second-order valence-electron chi connectivity index (χ2n) is 5.57. The third-order valence-corrected chi connectivity index (χ3v) is 3.94. The third kappa shape index (κ3) is 3.29. The molecular formula is C13H24N4O. The second-order valence-corrected chi connectivity index (χ2v) is 5.57. The molecule has 0 spiro atoms. The first-order chi connectivity index (χ1) is 8.65. The normalized spacial score (nSPS) is 18.8. The van der Waals surface area contributed by atoms with Crippen molar-refractivity contribution in [2.75, 3.05) is 26.8 Å². The lowest BCUT2D eigenvalue weighted by molar-refractivity contribution is 0.186. The van der Waals surface area contributed by atoms with E-state index < -0.39 is 0 Å². The van der Waals surface area contributed by atoms with Crippen LogP contribution in [-0.4, -0.2) is 41.6 Å². The van der Waals surface area contributed by atoms with Crippen molar-refractivity contribution in [2.45, 2.75) is 26.2 Å². The first kappa shape index (κ1) is 13.5. The van der Waals surface area contributed by atoms with Gasteiger partial charge in [0.2, 0.25) is 0 Å². The Morgan fingerprint density at radius 3 is 2.89 bits per heavy atom. The average molecular weight is 252 g/mol. The van der Waals surface area contributed by atoms with Crippen LogP contribution in [0.15, 0.2) is 6.33 Å². The summed E-state index contributed by atoms with van der Waals surface area (Å²) in [7, 11) is 3.70. The standard InChI is InChI=1S/C13H24N4O/c1-13(11-4-5-11,9-14-6-7-18-3)8-12-15-10-16-17(12)2/h10-11,14H,4-9H2,1-3H3. The van der Waals surface area contributed by atoms with E-state index in [1.54, 1.807) is 13.4 Å². The predicted octanol–water partition coefficient (Wildman–Crippen LogP) is 1.01. The third-order valence-electron chi connectivity index (χ3n) is 3.94. The van der Waals surface area contributed by atoms with Crippen molar-refractivity contribution < 1.29 is 4.74 Å². The molecule has 5 heteroatoms. The van der Waals surface area contributed by atoms with Crippen LogP contribution in [0.5, 0.6) is 0 Å². The number of aryl methyl sites for hydroxylation is 1. The van der Waals surface area contributed by atoms with Crippen LogP contribution >= 0.6 is 0 Å². The minimum absolute atomic E-state index is 0.286. The van der Waals surface area contributed by atoms with Crippen molar-refractivity contribution in [1.29, 1.82) is 0 Å². The molecule has 1 heterocycles. The summed E-state index contributed by atoms with van der Waals surface area (Å²) in [6, 6.07) is 0. The van der Waals surface area contributed by atoms with Gasteiger partial charge in [0.25, 0.3) is 0 Å². The lowest BCUT2D eigenvalue weighted by atomic mass is 9.81. The van der Waals surface area contributed by atoms with E-state index in [0.29, 0.717) is 0 Å². The predicted molar refractivity (Wildman–Crippen MR) is 70.3 cm³/mol. The van der Waals surface area contributed by atoms with Crippen molar-refractivity contribution in [3.63, 3.8) is 0 Å². The number of rotatable bonds is 8. The summed E-state index contributed by atoms with van der Waals surface area (Å²) < 4.78 is 6.95. The van der Waals surface area contributed by atoms with E-state index in [4.69, 9.17) is 4.74 Å². The number of hydrogen-bond donors (Lipinski definition) is 1. The summed E-state index contributed by atoms with van der Waals surface area (Å²) in [6.07, 6.45) is 5.33. The number of nitrogens with zero attached hydrogens (tertiary/aromatic N) is 3. The molecule has 1 saturated carbocycles. The molecule has 0 bridgehead atoms. The Balaban J connectivity index is 1.92. The van der Waals surface area contributed by atoms with Gasteiger partial charge in [0.05, 0.1) is 6.61 Å². The quantitative estimate of drug-likeness (QED) is 0.702. The van der Waals surface area contributed by atoms with E-state index in [0.717, 1.165) is 37.9 Å². The SMILES string of the molecule is COCCNCC(C)(Cc1ncnn1C)C1CC1. The summed E-state index contributed by atoms with van der Waals surface area (Å²) in [4.78, 5) is 4.35. The van der Waals surface area contributed by atoms with Gasteiger partial charge in [0.15, 0.2) is 0 Å². The molecule has 1 aliphatic rings. The van der Waals surface area contributed by atoms with Crippen LogP contribution in [0.2, 0.25) is 0 Å². The highest BCUT2D eigenvalue weighted by atomic mass is 16.5. The highest BCUT2D eigenvalue weighted by Gasteiger charge is 2.41. The number of ether oxygens (including phenoxy) is 1. The number of nitrogens with one attached hydrogen (secondary N) is 1. The van der Waals surface area contributed by atoms with Crippen molar-refractivity contribution in [2.24, 2.45) is 18.4 Å². The number of hydrogen-bond acceptors (Lipinski definition) is 4. The molecule has 1 aromatic heterocycles. The Morgan fingerprint density at radius 2 is 2.33 bits per heavy atom. The van der Waals surface area contributed by atoms with E-state index in [1.165, 1.54) is 12.8 Å². The molecular weight excluding hydrogens is 228 g/mol. The van der Waals surface area contributed by atoms with Gasteiger partial charge in [0, 0.05) is 33.7 Å². The molecule has 18 heavy (non-hydrogen) atoms. The lowest BCUT2D eigenvalue weighted by Crippen LogP contribution is -2.37. The summed E-state index contributed by atoms with van der Waals surface area (Å²) in [6.45, 7) is 5.06. The Labute approximate surface area is 109 Å². The Kier molecular flexibility index (Phi) is 4.35. The van der Waals surface area contributed by atoms with Crippen LogP contribution in [0, 0.1) is 11.3 Å². The summed E-state index contributed by atoms with van der Waals surface area (Å²) >= 11 is 0. The van der Waals surface area contributed by atoms with Gasteiger partial charge in [-0.1, -0.05) is 6.92 Å². The van der Waals surface area contributed by atoms with Gasteiger partial charge < -0.3 is 10.1 Å². The van der Waals surface area contributed by atoms with E-state index >= 15 is 0 Å². The van der Waals surface area contributed by atoms with E-state index in [-0.39, 0.29) is 5.41 Å². The molecule has 0 amide bonds. The maximum Gasteiger partial charge on any atom is 0.138 e. The second kappa shape index (κ2) is 5.80. The van der Waals surface area contributed by atoms with Crippen LogP contribution in [0.4, 0.5) is 0 Å². The van der Waals surface area contributed by atoms with Crippen LogP contribution in [0.1, 0.15) is 25.6 Å². The molecule has 0 saturated heterocycles. The molecule has 0 aliphatic heterocycles. The fourth-order valence-corrected chi connectivity index (χ4v) is 2.52. The summed E-state index contributed by atoms with van der Waals surface area (Å²) in [5.74, 6) is 1.90. The first-order valence-corrected chi connectivity index (χ1v) is 6.68. The Bertz CT molecular complexity index is 375. The zero-order valence-electron chi connectivity index (χ0n) is 11.6. The molecule has 102 valence electrons. The molecule has 1 fully saturated rings. The molecule has 1 N–H and O–H groups in total. The van der Waals surface area contributed by atoms with Gasteiger partial charge in [-0.25, -0.2) is 4.98 Å². The van der Waals surface area contributed by atoms with Gasteiger partial charge in [-0.05, 0) is 24.2 Å². The number of methoxy groups -OCH3 is 1. The van der Waals surface area contributed by atoms with E-state index in [1.807, 2.05) is 11.7 Å². The molecule has 0 aromatic carbocycles. The molecule has 0 radical (unpaired) electrons. The minimum Gasteiger partial charge on any atom is -0.383 e. The van der Waals surface area contributed by atoms with Crippen LogP contribution < -0.4 is 5.32 Å².